The summed E-state index contributed by atoms with van der Waals surface area (Å²) in [5.74, 6) is 1.13. The van der Waals surface area contributed by atoms with Gasteiger partial charge in [-0.15, -0.1) is 0 Å². The lowest BCUT2D eigenvalue weighted by molar-refractivity contribution is 0.0971. The summed E-state index contributed by atoms with van der Waals surface area (Å²) in [5.41, 5.74) is 2.17. The zero-order valence-corrected chi connectivity index (χ0v) is 12.5. The lowest BCUT2D eigenvalue weighted by atomic mass is 9.82. The number of carbonyl (C=O) groups excluding carboxylic acids is 1. The number of carbonyl (C=O) groups is 1. The molecule has 19 heavy (non-hydrogen) atoms. The number of benzene rings is 1. The smallest absolute Gasteiger partial charge is 0.163 e. The maximum Gasteiger partial charge on any atom is 0.163 e. The zero-order chi connectivity index (χ0) is 13.9. The van der Waals surface area contributed by atoms with Crippen molar-refractivity contribution in [3.05, 3.63) is 35.4 Å². The Balaban J connectivity index is 2.06. The van der Waals surface area contributed by atoms with Crippen LogP contribution in [0.4, 0.5) is 0 Å². The van der Waals surface area contributed by atoms with Crippen molar-refractivity contribution in [1.82, 2.24) is 0 Å². The molecule has 1 nitrogen and oxygen atoms in total. The van der Waals surface area contributed by atoms with Crippen LogP contribution in [0.2, 0.25) is 0 Å². The third-order valence-electron chi connectivity index (χ3n) is 4.29. The highest BCUT2D eigenvalue weighted by Gasteiger charge is 2.22. The Bertz CT molecular complexity index is 433. The van der Waals surface area contributed by atoms with Crippen LogP contribution in [0.15, 0.2) is 24.3 Å². The second kappa shape index (κ2) is 5.90. The highest BCUT2D eigenvalue weighted by molar-refractivity contribution is 5.97. The molecule has 1 fully saturated rings. The van der Waals surface area contributed by atoms with Gasteiger partial charge in [0.05, 0.1) is 0 Å². The van der Waals surface area contributed by atoms with Crippen LogP contribution in [0, 0.1) is 5.92 Å². The van der Waals surface area contributed by atoms with Crippen molar-refractivity contribution in [3.8, 4) is 0 Å². The first-order valence-corrected chi connectivity index (χ1v) is 7.61. The third kappa shape index (κ3) is 3.68. The van der Waals surface area contributed by atoms with E-state index in [1.165, 1.54) is 31.2 Å². The van der Waals surface area contributed by atoms with Crippen LogP contribution < -0.4 is 0 Å². The molecule has 0 aliphatic heterocycles. The van der Waals surface area contributed by atoms with Gasteiger partial charge in [-0.05, 0) is 23.3 Å². The first-order chi connectivity index (χ1) is 8.98. The van der Waals surface area contributed by atoms with Gasteiger partial charge in [0, 0.05) is 12.0 Å². The summed E-state index contributed by atoms with van der Waals surface area (Å²) in [6.07, 6.45) is 7.17. The van der Waals surface area contributed by atoms with Crippen LogP contribution in [0.3, 0.4) is 0 Å². The highest BCUT2D eigenvalue weighted by atomic mass is 16.1. The van der Waals surface area contributed by atoms with Crippen molar-refractivity contribution >= 4 is 5.78 Å². The predicted molar refractivity (Wildman–Crippen MR) is 80.7 cm³/mol. The van der Waals surface area contributed by atoms with Gasteiger partial charge < -0.3 is 0 Å². The number of hydrogen-bond acceptors (Lipinski definition) is 1. The molecule has 0 amide bonds. The fourth-order valence-corrected chi connectivity index (χ4v) is 3.15. The van der Waals surface area contributed by atoms with Crippen molar-refractivity contribution in [1.29, 1.82) is 0 Å². The molecule has 1 aromatic carbocycles. The molecule has 0 unspecified atom stereocenters. The molecule has 104 valence electrons. The van der Waals surface area contributed by atoms with E-state index in [-0.39, 0.29) is 5.41 Å². The molecule has 1 saturated carbocycles. The van der Waals surface area contributed by atoms with Gasteiger partial charge in [0.2, 0.25) is 0 Å². The molecule has 0 saturated heterocycles. The van der Waals surface area contributed by atoms with Crippen molar-refractivity contribution in [2.75, 3.05) is 0 Å². The topological polar surface area (TPSA) is 17.1 Å². The fourth-order valence-electron chi connectivity index (χ4n) is 3.15. The molecular formula is C18H26O. The number of Topliss-reactive ketones (excluding diaryl/α,β-unsaturated/α-hetero) is 1. The van der Waals surface area contributed by atoms with Gasteiger partial charge >= 0.3 is 0 Å². The summed E-state index contributed by atoms with van der Waals surface area (Å²) >= 11 is 0. The number of hydrogen-bond donors (Lipinski definition) is 0. The molecule has 1 aliphatic carbocycles. The standard InChI is InChI=1S/C18H26O/c1-18(2,3)16-11-7-6-10-15(16)17(19)13-12-14-8-4-5-9-14/h6-7,10-11,14H,4-5,8-9,12-13H2,1-3H3. The van der Waals surface area contributed by atoms with E-state index >= 15 is 0 Å². The fraction of sp³-hybridized carbons (Fsp3) is 0.611. The molecule has 1 aliphatic rings. The van der Waals surface area contributed by atoms with E-state index in [1.54, 1.807) is 0 Å². The van der Waals surface area contributed by atoms with Crippen LogP contribution in [0.5, 0.6) is 0 Å². The second-order valence-electron chi connectivity index (χ2n) is 6.91. The van der Waals surface area contributed by atoms with E-state index in [0.717, 1.165) is 24.3 Å². The van der Waals surface area contributed by atoms with Crippen LogP contribution in [0.1, 0.15) is 75.2 Å². The van der Waals surface area contributed by atoms with Gasteiger partial charge in [-0.25, -0.2) is 0 Å². The average Bonchev–Trinajstić information content (AvgIpc) is 2.88. The Morgan fingerprint density at radius 3 is 2.42 bits per heavy atom. The van der Waals surface area contributed by atoms with E-state index in [1.807, 2.05) is 18.2 Å². The van der Waals surface area contributed by atoms with E-state index in [9.17, 15) is 4.79 Å². The summed E-state index contributed by atoms with van der Waals surface area (Å²) in [6, 6.07) is 8.12. The van der Waals surface area contributed by atoms with E-state index in [2.05, 4.69) is 26.8 Å². The van der Waals surface area contributed by atoms with Crippen molar-refractivity contribution in [2.45, 2.75) is 64.7 Å². The van der Waals surface area contributed by atoms with Crippen LogP contribution in [-0.4, -0.2) is 5.78 Å². The SMILES string of the molecule is CC(C)(C)c1ccccc1C(=O)CCC1CCCC1. The Labute approximate surface area is 117 Å². The summed E-state index contributed by atoms with van der Waals surface area (Å²) in [4.78, 5) is 12.5. The highest BCUT2D eigenvalue weighted by Crippen LogP contribution is 2.31. The van der Waals surface area contributed by atoms with E-state index in [4.69, 9.17) is 0 Å². The third-order valence-corrected chi connectivity index (χ3v) is 4.29. The molecular weight excluding hydrogens is 232 g/mol. The average molecular weight is 258 g/mol. The maximum atomic E-state index is 12.5. The van der Waals surface area contributed by atoms with Crippen LogP contribution >= 0.6 is 0 Å². The van der Waals surface area contributed by atoms with Crippen molar-refractivity contribution < 1.29 is 4.79 Å². The summed E-state index contributed by atoms with van der Waals surface area (Å²) in [5, 5.41) is 0. The lowest BCUT2D eigenvalue weighted by Crippen LogP contribution is -2.17. The van der Waals surface area contributed by atoms with Gasteiger partial charge in [-0.3, -0.25) is 4.79 Å². The first-order valence-electron chi connectivity index (χ1n) is 7.61. The minimum Gasteiger partial charge on any atom is -0.294 e. The van der Waals surface area contributed by atoms with E-state index in [0.29, 0.717) is 5.78 Å². The Hall–Kier alpha value is -1.11. The molecule has 2 rings (SSSR count). The molecule has 0 heterocycles. The second-order valence-corrected chi connectivity index (χ2v) is 6.91. The van der Waals surface area contributed by atoms with E-state index < -0.39 is 0 Å². The lowest BCUT2D eigenvalue weighted by Gasteiger charge is -2.22. The Kier molecular flexibility index (Phi) is 4.44. The molecule has 0 N–H and O–H groups in total. The minimum absolute atomic E-state index is 0.0413. The molecule has 1 aromatic rings. The van der Waals surface area contributed by atoms with Gasteiger partial charge in [0.15, 0.2) is 5.78 Å². The molecule has 0 spiro atoms. The molecule has 0 bridgehead atoms. The van der Waals surface area contributed by atoms with Crippen molar-refractivity contribution in [3.63, 3.8) is 0 Å². The van der Waals surface area contributed by atoms with Gasteiger partial charge in [0.25, 0.3) is 0 Å². The maximum absolute atomic E-state index is 12.5. The minimum atomic E-state index is 0.0413. The monoisotopic (exact) mass is 258 g/mol. The largest absolute Gasteiger partial charge is 0.294 e. The van der Waals surface area contributed by atoms with Crippen molar-refractivity contribution in [2.24, 2.45) is 5.92 Å². The molecule has 0 aromatic heterocycles. The predicted octanol–water partition coefficient (Wildman–Crippen LogP) is 5.14. The van der Waals surface area contributed by atoms with Gasteiger partial charge in [-0.1, -0.05) is 70.7 Å². The molecule has 0 atom stereocenters. The summed E-state index contributed by atoms with van der Waals surface area (Å²) in [7, 11) is 0. The zero-order valence-electron chi connectivity index (χ0n) is 12.5. The molecule has 0 radical (unpaired) electrons. The molecule has 1 heteroatoms. The number of ketones is 1. The number of rotatable bonds is 4. The Morgan fingerprint density at radius 1 is 1.16 bits per heavy atom. The Morgan fingerprint density at radius 2 is 1.79 bits per heavy atom. The summed E-state index contributed by atoms with van der Waals surface area (Å²) in [6.45, 7) is 6.53. The first kappa shape index (κ1) is 14.3. The van der Waals surface area contributed by atoms with Crippen LogP contribution in [-0.2, 0) is 5.41 Å². The van der Waals surface area contributed by atoms with Gasteiger partial charge in [-0.2, -0.15) is 0 Å². The van der Waals surface area contributed by atoms with Crippen LogP contribution in [0.25, 0.3) is 0 Å². The van der Waals surface area contributed by atoms with Gasteiger partial charge in [0.1, 0.15) is 0 Å². The summed E-state index contributed by atoms with van der Waals surface area (Å²) < 4.78 is 0. The normalized spacial score (nSPS) is 16.8. The quantitative estimate of drug-likeness (QED) is 0.684.